The molecule has 0 bridgehead atoms. The summed E-state index contributed by atoms with van der Waals surface area (Å²) in [7, 11) is 2.13. The molecule has 2 aliphatic rings. The van der Waals surface area contributed by atoms with Gasteiger partial charge in [0.15, 0.2) is 0 Å². The summed E-state index contributed by atoms with van der Waals surface area (Å²) in [5.74, 6) is 0.0859. The second-order valence-corrected chi connectivity index (χ2v) is 5.96. The molecule has 4 heteroatoms. The average molecular weight is 273 g/mol. The molecule has 1 fully saturated rings. The van der Waals surface area contributed by atoms with Crippen molar-refractivity contribution in [1.29, 1.82) is 0 Å². The van der Waals surface area contributed by atoms with Gasteiger partial charge >= 0.3 is 0 Å². The summed E-state index contributed by atoms with van der Waals surface area (Å²) in [4.78, 5) is 16.2. The second kappa shape index (κ2) is 5.35. The highest BCUT2D eigenvalue weighted by Crippen LogP contribution is 2.38. The van der Waals surface area contributed by atoms with Crippen molar-refractivity contribution >= 4 is 17.3 Å². The summed E-state index contributed by atoms with van der Waals surface area (Å²) in [6, 6.07) is 9.25. The number of hydrogen-bond acceptors (Lipinski definition) is 3. The van der Waals surface area contributed by atoms with Crippen LogP contribution >= 0.6 is 0 Å². The third kappa shape index (κ3) is 2.35. The van der Waals surface area contributed by atoms with Gasteiger partial charge in [-0.25, -0.2) is 0 Å². The number of nitrogens with one attached hydrogen (secondary N) is 1. The van der Waals surface area contributed by atoms with Crippen LogP contribution in [0.4, 0.5) is 11.4 Å². The van der Waals surface area contributed by atoms with Crippen molar-refractivity contribution in [3.63, 3.8) is 0 Å². The zero-order chi connectivity index (χ0) is 14.1. The minimum absolute atomic E-state index is 0.0859. The first-order valence-corrected chi connectivity index (χ1v) is 7.51. The van der Waals surface area contributed by atoms with E-state index in [1.807, 2.05) is 0 Å². The van der Waals surface area contributed by atoms with Crippen LogP contribution in [-0.2, 0) is 4.79 Å². The van der Waals surface area contributed by atoms with Crippen LogP contribution in [0.25, 0.3) is 0 Å². The third-order valence-corrected chi connectivity index (χ3v) is 4.49. The van der Waals surface area contributed by atoms with Gasteiger partial charge in [-0.15, -0.1) is 0 Å². The second-order valence-electron chi connectivity index (χ2n) is 5.96. The van der Waals surface area contributed by atoms with E-state index in [2.05, 4.69) is 46.4 Å². The number of nitrogens with zero attached hydrogens (tertiary/aromatic N) is 2. The molecule has 1 heterocycles. The molecule has 0 spiro atoms. The van der Waals surface area contributed by atoms with Crippen molar-refractivity contribution in [1.82, 2.24) is 5.32 Å². The van der Waals surface area contributed by atoms with E-state index in [1.54, 1.807) is 6.92 Å². The largest absolute Gasteiger partial charge is 0.355 e. The highest BCUT2D eigenvalue weighted by Gasteiger charge is 2.35. The molecule has 0 saturated heterocycles. The van der Waals surface area contributed by atoms with E-state index in [0.717, 1.165) is 19.5 Å². The van der Waals surface area contributed by atoms with Crippen molar-refractivity contribution < 1.29 is 4.79 Å². The minimum Gasteiger partial charge on any atom is -0.355 e. The Hall–Kier alpha value is -1.71. The lowest BCUT2D eigenvalue weighted by atomic mass is 9.89. The molecule has 1 saturated carbocycles. The van der Waals surface area contributed by atoms with Crippen molar-refractivity contribution in [3.05, 3.63) is 24.3 Å². The molecule has 1 N–H and O–H groups in total. The maximum atomic E-state index is 11.4. The van der Waals surface area contributed by atoms with Crippen LogP contribution in [0.5, 0.6) is 0 Å². The van der Waals surface area contributed by atoms with Crippen LogP contribution in [0.15, 0.2) is 24.3 Å². The van der Waals surface area contributed by atoms with E-state index < -0.39 is 0 Å². The molecule has 2 atom stereocenters. The first kappa shape index (κ1) is 13.3. The van der Waals surface area contributed by atoms with Crippen molar-refractivity contribution in [2.24, 2.45) is 0 Å². The molecule has 0 unspecified atom stereocenters. The molecule has 108 valence electrons. The fourth-order valence-electron chi connectivity index (χ4n) is 3.61. The summed E-state index contributed by atoms with van der Waals surface area (Å²) in [5, 5.41) is 3.16. The predicted molar refractivity (Wildman–Crippen MR) is 82.1 cm³/mol. The SMILES string of the molecule is CC(=O)N[C@H]1CCCC[C@@H]1N1CN(C)c2ccccc21. The van der Waals surface area contributed by atoms with Crippen LogP contribution in [0, 0.1) is 0 Å². The minimum atomic E-state index is 0.0859. The molecule has 0 aromatic heterocycles. The van der Waals surface area contributed by atoms with Gasteiger partial charge in [0.25, 0.3) is 0 Å². The monoisotopic (exact) mass is 273 g/mol. The van der Waals surface area contributed by atoms with Crippen LogP contribution in [-0.4, -0.2) is 31.7 Å². The van der Waals surface area contributed by atoms with E-state index in [4.69, 9.17) is 0 Å². The van der Waals surface area contributed by atoms with E-state index in [9.17, 15) is 4.79 Å². The molecule has 1 aromatic carbocycles. The smallest absolute Gasteiger partial charge is 0.217 e. The summed E-state index contributed by atoms with van der Waals surface area (Å²) in [5.41, 5.74) is 2.59. The van der Waals surface area contributed by atoms with E-state index in [0.29, 0.717) is 6.04 Å². The number of amides is 1. The molecular formula is C16H23N3O. The van der Waals surface area contributed by atoms with Gasteiger partial charge in [0.2, 0.25) is 5.91 Å². The van der Waals surface area contributed by atoms with Gasteiger partial charge in [-0.1, -0.05) is 25.0 Å². The molecule has 0 radical (unpaired) electrons. The lowest BCUT2D eigenvalue weighted by Crippen LogP contribution is -2.53. The first-order chi connectivity index (χ1) is 9.66. The number of fused-ring (bicyclic) bond motifs is 1. The predicted octanol–water partition coefficient (Wildman–Crippen LogP) is 2.35. The Bertz CT molecular complexity index is 502. The molecule has 20 heavy (non-hydrogen) atoms. The molecule has 3 rings (SSSR count). The Balaban J connectivity index is 1.86. The maximum Gasteiger partial charge on any atom is 0.217 e. The Morgan fingerprint density at radius 1 is 1.20 bits per heavy atom. The fourth-order valence-corrected chi connectivity index (χ4v) is 3.61. The van der Waals surface area contributed by atoms with Gasteiger partial charge < -0.3 is 15.1 Å². The van der Waals surface area contributed by atoms with Crippen LogP contribution < -0.4 is 15.1 Å². The van der Waals surface area contributed by atoms with Crippen molar-refractivity contribution in [3.8, 4) is 0 Å². The molecule has 1 amide bonds. The van der Waals surface area contributed by atoms with Gasteiger partial charge in [0.1, 0.15) is 0 Å². The van der Waals surface area contributed by atoms with Crippen molar-refractivity contribution in [2.75, 3.05) is 23.5 Å². The van der Waals surface area contributed by atoms with E-state index >= 15 is 0 Å². The van der Waals surface area contributed by atoms with Gasteiger partial charge in [0.05, 0.1) is 24.1 Å². The summed E-state index contributed by atoms with van der Waals surface area (Å²) >= 11 is 0. The van der Waals surface area contributed by atoms with Gasteiger partial charge in [0, 0.05) is 20.0 Å². The Labute approximate surface area is 120 Å². The van der Waals surface area contributed by atoms with Crippen molar-refractivity contribution in [2.45, 2.75) is 44.7 Å². The number of hydrogen-bond donors (Lipinski definition) is 1. The van der Waals surface area contributed by atoms with Gasteiger partial charge in [-0.2, -0.15) is 0 Å². The summed E-state index contributed by atoms with van der Waals surface area (Å²) < 4.78 is 0. The number of para-hydroxylation sites is 2. The number of anilines is 2. The van der Waals surface area contributed by atoms with Gasteiger partial charge in [-0.05, 0) is 25.0 Å². The average Bonchev–Trinajstić information content (AvgIpc) is 2.77. The quantitative estimate of drug-likeness (QED) is 0.898. The molecule has 1 aliphatic heterocycles. The topological polar surface area (TPSA) is 35.6 Å². The summed E-state index contributed by atoms with van der Waals surface area (Å²) in [6.45, 7) is 2.54. The summed E-state index contributed by atoms with van der Waals surface area (Å²) in [6.07, 6.45) is 4.72. The van der Waals surface area contributed by atoms with Gasteiger partial charge in [-0.3, -0.25) is 4.79 Å². The standard InChI is InChI=1S/C16H23N3O/c1-12(20)17-13-7-3-4-8-14(13)19-11-18(2)15-9-5-6-10-16(15)19/h5-6,9-10,13-14H,3-4,7-8,11H2,1-2H3,(H,17,20)/t13-,14-/m0/s1. The maximum absolute atomic E-state index is 11.4. The lowest BCUT2D eigenvalue weighted by Gasteiger charge is -2.39. The Morgan fingerprint density at radius 2 is 1.90 bits per heavy atom. The Kier molecular flexibility index (Phi) is 3.55. The number of carbonyl (C=O) groups excluding carboxylic acids is 1. The zero-order valence-corrected chi connectivity index (χ0v) is 12.3. The third-order valence-electron chi connectivity index (χ3n) is 4.49. The normalized spacial score (nSPS) is 25.5. The lowest BCUT2D eigenvalue weighted by molar-refractivity contribution is -0.120. The number of rotatable bonds is 2. The molecule has 4 nitrogen and oxygen atoms in total. The highest BCUT2D eigenvalue weighted by molar-refractivity contribution is 5.77. The molecule has 1 aromatic rings. The van der Waals surface area contributed by atoms with Crippen LogP contribution in [0.2, 0.25) is 0 Å². The first-order valence-electron chi connectivity index (χ1n) is 7.51. The zero-order valence-electron chi connectivity index (χ0n) is 12.3. The number of carbonyl (C=O) groups is 1. The van der Waals surface area contributed by atoms with Crippen LogP contribution in [0.1, 0.15) is 32.6 Å². The fraction of sp³-hybridized carbons (Fsp3) is 0.562. The van der Waals surface area contributed by atoms with E-state index in [1.165, 1.54) is 24.2 Å². The highest BCUT2D eigenvalue weighted by atomic mass is 16.1. The molecular weight excluding hydrogens is 250 g/mol. The Morgan fingerprint density at radius 3 is 2.65 bits per heavy atom. The number of benzene rings is 1. The molecule has 1 aliphatic carbocycles. The van der Waals surface area contributed by atoms with Crippen LogP contribution in [0.3, 0.4) is 0 Å². The van der Waals surface area contributed by atoms with E-state index in [-0.39, 0.29) is 11.9 Å².